The summed E-state index contributed by atoms with van der Waals surface area (Å²) in [5.41, 5.74) is 5.38. The fourth-order valence-corrected chi connectivity index (χ4v) is 4.91. The average molecular weight is 443 g/mol. The van der Waals surface area contributed by atoms with Crippen molar-refractivity contribution in [3.8, 4) is 11.6 Å². The fraction of sp³-hybridized carbons (Fsp3) is 0.250. The molecule has 3 aromatic rings. The van der Waals surface area contributed by atoms with Crippen molar-refractivity contribution in [3.05, 3.63) is 60.4 Å². The van der Waals surface area contributed by atoms with E-state index in [1.807, 2.05) is 46.1 Å². The molecule has 0 radical (unpaired) electrons. The molecule has 0 unspecified atom stereocenters. The number of hydrogen-bond acceptors (Lipinski definition) is 7. The van der Waals surface area contributed by atoms with Crippen LogP contribution in [0, 0.1) is 0 Å². The van der Waals surface area contributed by atoms with E-state index in [2.05, 4.69) is 10.2 Å². The Kier molecular flexibility index (Phi) is 5.61. The van der Waals surface area contributed by atoms with Gasteiger partial charge in [-0.05, 0) is 42.5 Å². The van der Waals surface area contributed by atoms with Gasteiger partial charge in [-0.2, -0.15) is 4.31 Å². The van der Waals surface area contributed by atoms with Crippen molar-refractivity contribution >= 4 is 21.7 Å². The first-order chi connectivity index (χ1) is 14.9. The normalized spacial score (nSPS) is 15.1. The number of nitrogens with zero attached hydrogens (tertiary/aromatic N) is 5. The topological polar surface area (TPSA) is 124 Å². The van der Waals surface area contributed by atoms with Crippen LogP contribution in [0.25, 0.3) is 5.82 Å². The minimum absolute atomic E-state index is 0.00594. The first-order valence-corrected chi connectivity index (χ1v) is 11.0. The maximum atomic E-state index is 13.1. The van der Waals surface area contributed by atoms with E-state index in [1.165, 1.54) is 29.6 Å². The number of hydrogen-bond donors (Lipinski definition) is 1. The van der Waals surface area contributed by atoms with Gasteiger partial charge in [-0.25, -0.2) is 8.42 Å². The lowest BCUT2D eigenvalue weighted by atomic mass is 10.2. The highest BCUT2D eigenvalue weighted by Gasteiger charge is 2.30. The molecule has 0 saturated carbocycles. The molecule has 4 rings (SSSR count). The third-order valence-corrected chi connectivity index (χ3v) is 7.04. The van der Waals surface area contributed by atoms with E-state index in [0.29, 0.717) is 24.7 Å². The summed E-state index contributed by atoms with van der Waals surface area (Å²) in [6, 6.07) is 11.7. The van der Waals surface area contributed by atoms with Crippen LogP contribution in [-0.2, 0) is 10.0 Å². The quantitative estimate of drug-likeness (QED) is 0.601. The molecule has 162 valence electrons. The summed E-state index contributed by atoms with van der Waals surface area (Å²) in [5, 5.41) is 8.51. The smallest absolute Gasteiger partial charge is 0.252 e. The minimum atomic E-state index is -3.78. The number of anilines is 1. The first-order valence-electron chi connectivity index (χ1n) is 9.60. The van der Waals surface area contributed by atoms with Crippen LogP contribution in [0.3, 0.4) is 0 Å². The third kappa shape index (κ3) is 4.09. The Bertz CT molecular complexity index is 1170. The molecular weight excluding hydrogens is 420 g/mol. The molecule has 1 aliphatic rings. The van der Waals surface area contributed by atoms with Gasteiger partial charge in [0.1, 0.15) is 5.75 Å². The second-order valence-electron chi connectivity index (χ2n) is 6.96. The van der Waals surface area contributed by atoms with Crippen LogP contribution in [0.15, 0.2) is 59.8 Å². The number of methoxy groups -OCH3 is 1. The number of amides is 1. The molecule has 0 aliphatic carbocycles. The van der Waals surface area contributed by atoms with Crippen molar-refractivity contribution in [1.82, 2.24) is 19.1 Å². The standard InChI is InChI=1S/C20H22N6O4S/c1-30-17-5-4-15(14-16(17)20(21)27)31(28,29)26-12-10-25(11-13-26)19-7-6-18(22-23-19)24-8-2-3-9-24/h2-9,14H,10-13H2,1H3,(H2,21,27). The summed E-state index contributed by atoms with van der Waals surface area (Å²) in [6.45, 7) is 1.49. The van der Waals surface area contributed by atoms with Gasteiger partial charge >= 0.3 is 0 Å². The summed E-state index contributed by atoms with van der Waals surface area (Å²) in [5.74, 6) is 0.881. The van der Waals surface area contributed by atoms with Crippen LogP contribution in [-0.4, -0.2) is 66.7 Å². The van der Waals surface area contributed by atoms with E-state index >= 15 is 0 Å². The van der Waals surface area contributed by atoms with Gasteiger partial charge in [-0.15, -0.1) is 10.2 Å². The van der Waals surface area contributed by atoms with Crippen LogP contribution < -0.4 is 15.4 Å². The Balaban J connectivity index is 1.47. The maximum absolute atomic E-state index is 13.1. The highest BCUT2D eigenvalue weighted by atomic mass is 32.2. The average Bonchev–Trinajstić information content (AvgIpc) is 3.34. The van der Waals surface area contributed by atoms with Gasteiger partial charge in [-0.1, -0.05) is 0 Å². The number of rotatable bonds is 6. The molecule has 0 bridgehead atoms. The fourth-order valence-electron chi connectivity index (χ4n) is 3.46. The number of sulfonamides is 1. The van der Waals surface area contributed by atoms with E-state index in [9.17, 15) is 13.2 Å². The van der Waals surface area contributed by atoms with E-state index in [0.717, 1.165) is 0 Å². The Morgan fingerprint density at radius 3 is 2.23 bits per heavy atom. The summed E-state index contributed by atoms with van der Waals surface area (Å²) in [4.78, 5) is 13.6. The van der Waals surface area contributed by atoms with Crippen molar-refractivity contribution in [2.75, 3.05) is 38.2 Å². The second kappa shape index (κ2) is 8.36. The molecule has 31 heavy (non-hydrogen) atoms. The molecule has 1 amide bonds. The number of carbonyl (C=O) groups is 1. The Hall–Kier alpha value is -3.44. The van der Waals surface area contributed by atoms with Crippen LogP contribution >= 0.6 is 0 Å². The lowest BCUT2D eigenvalue weighted by Gasteiger charge is -2.34. The number of nitrogens with two attached hydrogens (primary N) is 1. The van der Waals surface area contributed by atoms with Crippen LogP contribution in [0.5, 0.6) is 5.75 Å². The van der Waals surface area contributed by atoms with Gasteiger partial charge in [0.25, 0.3) is 5.91 Å². The highest BCUT2D eigenvalue weighted by Crippen LogP contribution is 2.25. The molecule has 1 fully saturated rings. The number of aromatic nitrogens is 3. The monoisotopic (exact) mass is 442 g/mol. The second-order valence-corrected chi connectivity index (χ2v) is 8.90. The SMILES string of the molecule is COc1ccc(S(=O)(=O)N2CCN(c3ccc(-n4cccc4)nn3)CC2)cc1C(N)=O. The molecule has 2 N–H and O–H groups in total. The van der Waals surface area contributed by atoms with Gasteiger partial charge in [-0.3, -0.25) is 4.79 Å². The Morgan fingerprint density at radius 1 is 1.00 bits per heavy atom. The Morgan fingerprint density at radius 2 is 1.65 bits per heavy atom. The first kappa shape index (κ1) is 20.8. The minimum Gasteiger partial charge on any atom is -0.496 e. The predicted octanol–water partition coefficient (Wildman–Crippen LogP) is 0.886. The highest BCUT2D eigenvalue weighted by molar-refractivity contribution is 7.89. The molecule has 1 aromatic carbocycles. The van der Waals surface area contributed by atoms with Gasteiger partial charge < -0.3 is 19.9 Å². The third-order valence-electron chi connectivity index (χ3n) is 5.14. The molecule has 1 saturated heterocycles. The van der Waals surface area contributed by atoms with Gasteiger partial charge in [0.2, 0.25) is 10.0 Å². The summed E-state index contributed by atoms with van der Waals surface area (Å²) >= 11 is 0. The van der Waals surface area contributed by atoms with Gasteiger partial charge in [0.15, 0.2) is 11.6 Å². The number of ether oxygens (including phenoxy) is 1. The predicted molar refractivity (Wildman–Crippen MR) is 114 cm³/mol. The number of primary amides is 1. The van der Waals surface area contributed by atoms with Crippen LogP contribution in [0.2, 0.25) is 0 Å². The molecule has 0 spiro atoms. The molecule has 1 aliphatic heterocycles. The van der Waals surface area contributed by atoms with Crippen LogP contribution in [0.4, 0.5) is 5.82 Å². The zero-order valence-electron chi connectivity index (χ0n) is 16.9. The van der Waals surface area contributed by atoms with Gasteiger partial charge in [0.05, 0.1) is 17.6 Å². The number of benzene rings is 1. The molecule has 3 heterocycles. The van der Waals surface area contributed by atoms with E-state index < -0.39 is 15.9 Å². The largest absolute Gasteiger partial charge is 0.496 e. The van der Waals surface area contributed by atoms with E-state index in [1.54, 1.807) is 0 Å². The zero-order chi connectivity index (χ0) is 22.0. The lowest BCUT2D eigenvalue weighted by Crippen LogP contribution is -2.49. The van der Waals surface area contributed by atoms with Crippen molar-refractivity contribution < 1.29 is 17.9 Å². The molecule has 10 nitrogen and oxygen atoms in total. The van der Waals surface area contributed by atoms with E-state index in [-0.39, 0.29) is 29.3 Å². The van der Waals surface area contributed by atoms with E-state index in [4.69, 9.17) is 10.5 Å². The number of piperazine rings is 1. The van der Waals surface area contributed by atoms with Crippen molar-refractivity contribution in [2.24, 2.45) is 5.73 Å². The summed E-state index contributed by atoms with van der Waals surface area (Å²) < 4.78 is 34.5. The van der Waals surface area contributed by atoms with Crippen molar-refractivity contribution in [3.63, 3.8) is 0 Å². The molecule has 0 atom stereocenters. The van der Waals surface area contributed by atoms with Gasteiger partial charge in [0, 0.05) is 38.6 Å². The molecule has 2 aromatic heterocycles. The van der Waals surface area contributed by atoms with Crippen molar-refractivity contribution in [2.45, 2.75) is 4.90 Å². The Labute approximate surface area is 179 Å². The molecular formula is C20H22N6O4S. The summed E-state index contributed by atoms with van der Waals surface area (Å²) in [7, 11) is -2.39. The number of carbonyl (C=O) groups excluding carboxylic acids is 1. The zero-order valence-corrected chi connectivity index (χ0v) is 17.7. The molecule has 11 heteroatoms. The maximum Gasteiger partial charge on any atom is 0.252 e. The summed E-state index contributed by atoms with van der Waals surface area (Å²) in [6.07, 6.45) is 3.77. The van der Waals surface area contributed by atoms with Crippen molar-refractivity contribution in [1.29, 1.82) is 0 Å². The van der Waals surface area contributed by atoms with Crippen LogP contribution in [0.1, 0.15) is 10.4 Å². The lowest BCUT2D eigenvalue weighted by molar-refractivity contribution is 0.0997.